The van der Waals surface area contributed by atoms with Crippen LogP contribution in [0.2, 0.25) is 0 Å². The van der Waals surface area contributed by atoms with E-state index in [0.29, 0.717) is 18.9 Å². The Morgan fingerprint density at radius 1 is 1.27 bits per heavy atom. The van der Waals surface area contributed by atoms with Crippen molar-refractivity contribution in [2.24, 2.45) is 11.8 Å². The Morgan fingerprint density at radius 2 is 2.00 bits per heavy atom. The van der Waals surface area contributed by atoms with Gasteiger partial charge < -0.3 is 15.1 Å². The highest BCUT2D eigenvalue weighted by molar-refractivity contribution is 5.89. The number of hydrogen-bond acceptors (Lipinski definition) is 3. The van der Waals surface area contributed by atoms with E-state index in [1.165, 1.54) is 11.1 Å². The quantitative estimate of drug-likeness (QED) is 0.878. The second kappa shape index (κ2) is 8.21. The molecule has 1 aromatic rings. The van der Waals surface area contributed by atoms with E-state index in [0.717, 1.165) is 32.5 Å². The summed E-state index contributed by atoms with van der Waals surface area (Å²) in [6.07, 6.45) is 2.46. The summed E-state index contributed by atoms with van der Waals surface area (Å²) in [5.41, 5.74) is 2.37. The van der Waals surface area contributed by atoms with Crippen molar-refractivity contribution in [2.45, 2.75) is 45.7 Å². The van der Waals surface area contributed by atoms with Crippen molar-refractivity contribution in [1.29, 1.82) is 0 Å². The minimum absolute atomic E-state index is 0.0498. The maximum atomic E-state index is 13.3. The molecule has 2 heterocycles. The third-order valence-corrected chi connectivity index (χ3v) is 5.94. The van der Waals surface area contributed by atoms with Gasteiger partial charge in [0, 0.05) is 32.0 Å². The third-order valence-electron chi connectivity index (χ3n) is 5.94. The van der Waals surface area contributed by atoms with Crippen LogP contribution in [0, 0.1) is 11.8 Å². The highest BCUT2D eigenvalue weighted by Crippen LogP contribution is 2.28. The van der Waals surface area contributed by atoms with Gasteiger partial charge in [-0.2, -0.15) is 0 Å². The first-order chi connectivity index (χ1) is 12.5. The Hall–Kier alpha value is -1.88. The fourth-order valence-electron chi connectivity index (χ4n) is 4.13. The maximum absolute atomic E-state index is 13.3. The van der Waals surface area contributed by atoms with Crippen molar-refractivity contribution >= 4 is 11.8 Å². The largest absolute Gasteiger partial charge is 0.341 e. The van der Waals surface area contributed by atoms with Crippen LogP contribution in [0.25, 0.3) is 0 Å². The normalized spacial score (nSPS) is 23.7. The zero-order valence-electron chi connectivity index (χ0n) is 16.2. The average molecular weight is 357 g/mol. The molecule has 5 nitrogen and oxygen atoms in total. The average Bonchev–Trinajstić information content (AvgIpc) is 3.14. The number of carbonyl (C=O) groups is 2. The van der Waals surface area contributed by atoms with Crippen molar-refractivity contribution in [2.75, 3.05) is 26.7 Å². The van der Waals surface area contributed by atoms with Gasteiger partial charge in [0.2, 0.25) is 11.8 Å². The zero-order valence-corrected chi connectivity index (χ0v) is 16.2. The molecule has 142 valence electrons. The Balaban J connectivity index is 1.82. The van der Waals surface area contributed by atoms with E-state index >= 15 is 0 Å². The van der Waals surface area contributed by atoms with Gasteiger partial charge in [-0.1, -0.05) is 38.1 Å². The molecule has 0 spiro atoms. The first-order valence-corrected chi connectivity index (χ1v) is 9.85. The van der Waals surface area contributed by atoms with Crippen LogP contribution in [-0.2, 0) is 22.6 Å². The minimum Gasteiger partial charge on any atom is -0.341 e. The van der Waals surface area contributed by atoms with E-state index < -0.39 is 0 Å². The highest BCUT2D eigenvalue weighted by atomic mass is 16.2. The monoisotopic (exact) mass is 357 g/mol. The molecule has 2 aliphatic heterocycles. The van der Waals surface area contributed by atoms with Gasteiger partial charge in [-0.3, -0.25) is 9.59 Å². The Bertz CT molecular complexity index is 660. The number of hydrogen-bond donors (Lipinski definition) is 1. The predicted molar refractivity (Wildman–Crippen MR) is 103 cm³/mol. The van der Waals surface area contributed by atoms with Crippen LogP contribution in [0.15, 0.2) is 24.3 Å². The smallest absolute Gasteiger partial charge is 0.245 e. The number of carbonyl (C=O) groups excluding carboxylic acids is 2. The van der Waals surface area contributed by atoms with Gasteiger partial charge in [0.15, 0.2) is 0 Å². The van der Waals surface area contributed by atoms with Crippen LogP contribution in [0.5, 0.6) is 0 Å². The fourth-order valence-corrected chi connectivity index (χ4v) is 4.13. The second-order valence-corrected chi connectivity index (χ2v) is 7.76. The topological polar surface area (TPSA) is 52.7 Å². The van der Waals surface area contributed by atoms with Crippen LogP contribution in [0.3, 0.4) is 0 Å². The van der Waals surface area contributed by atoms with E-state index in [-0.39, 0.29) is 23.8 Å². The molecule has 26 heavy (non-hydrogen) atoms. The molecule has 2 aliphatic rings. The first kappa shape index (κ1) is 18.9. The van der Waals surface area contributed by atoms with E-state index in [4.69, 9.17) is 0 Å². The molecule has 1 fully saturated rings. The minimum atomic E-state index is -0.361. The van der Waals surface area contributed by atoms with Gasteiger partial charge in [0.25, 0.3) is 0 Å². The summed E-state index contributed by atoms with van der Waals surface area (Å²) in [6, 6.07) is 7.83. The summed E-state index contributed by atoms with van der Waals surface area (Å²) in [4.78, 5) is 30.1. The SMILES string of the molecule is CCC(C)C(=O)N1Cc2ccccc2CC1C(=O)N1CCC(CNC)C1. The lowest BCUT2D eigenvalue weighted by atomic mass is 9.91. The Labute approximate surface area is 156 Å². The summed E-state index contributed by atoms with van der Waals surface area (Å²) in [5.74, 6) is 0.686. The van der Waals surface area contributed by atoms with Crippen molar-refractivity contribution in [1.82, 2.24) is 15.1 Å². The third kappa shape index (κ3) is 3.78. The van der Waals surface area contributed by atoms with Crippen LogP contribution in [-0.4, -0.2) is 54.3 Å². The van der Waals surface area contributed by atoms with Crippen LogP contribution >= 0.6 is 0 Å². The van der Waals surface area contributed by atoms with Crippen molar-refractivity contribution < 1.29 is 9.59 Å². The molecule has 0 bridgehead atoms. The molecule has 3 atom stereocenters. The van der Waals surface area contributed by atoms with E-state index in [9.17, 15) is 9.59 Å². The molecule has 1 N–H and O–H groups in total. The van der Waals surface area contributed by atoms with Gasteiger partial charge in [-0.15, -0.1) is 0 Å². The van der Waals surface area contributed by atoms with Crippen LogP contribution in [0.1, 0.15) is 37.8 Å². The fraction of sp³-hybridized carbons (Fsp3) is 0.619. The highest BCUT2D eigenvalue weighted by Gasteiger charge is 2.39. The van der Waals surface area contributed by atoms with Crippen molar-refractivity contribution in [3.63, 3.8) is 0 Å². The van der Waals surface area contributed by atoms with E-state index in [1.807, 2.05) is 42.8 Å². The first-order valence-electron chi connectivity index (χ1n) is 9.85. The molecule has 5 heteroatoms. The van der Waals surface area contributed by atoms with Gasteiger partial charge in [0.1, 0.15) is 6.04 Å². The molecule has 1 saturated heterocycles. The van der Waals surface area contributed by atoms with Gasteiger partial charge in [-0.25, -0.2) is 0 Å². The lowest BCUT2D eigenvalue weighted by Crippen LogP contribution is -2.54. The molecule has 0 radical (unpaired) electrons. The number of rotatable bonds is 5. The molecule has 1 aromatic carbocycles. The number of nitrogens with one attached hydrogen (secondary N) is 1. The van der Waals surface area contributed by atoms with Gasteiger partial charge in [0.05, 0.1) is 0 Å². The van der Waals surface area contributed by atoms with Crippen molar-refractivity contribution in [3.05, 3.63) is 35.4 Å². The molecule has 0 aromatic heterocycles. The predicted octanol–water partition coefficient (Wildman–Crippen LogP) is 2.05. The van der Waals surface area contributed by atoms with Gasteiger partial charge >= 0.3 is 0 Å². The van der Waals surface area contributed by atoms with E-state index in [1.54, 1.807) is 0 Å². The number of nitrogens with zero attached hydrogens (tertiary/aromatic N) is 2. The molecule has 0 saturated carbocycles. The molecule has 2 amide bonds. The molecule has 0 aliphatic carbocycles. The molecular formula is C21H31N3O2. The Morgan fingerprint density at radius 3 is 2.69 bits per heavy atom. The second-order valence-electron chi connectivity index (χ2n) is 7.76. The van der Waals surface area contributed by atoms with E-state index in [2.05, 4.69) is 17.4 Å². The van der Waals surface area contributed by atoms with Crippen LogP contribution < -0.4 is 5.32 Å². The summed E-state index contributed by atoms with van der Waals surface area (Å²) in [5, 5.41) is 3.21. The number of benzene rings is 1. The molecular weight excluding hydrogens is 326 g/mol. The van der Waals surface area contributed by atoms with Crippen LogP contribution in [0.4, 0.5) is 0 Å². The number of likely N-dealkylation sites (tertiary alicyclic amines) is 1. The number of fused-ring (bicyclic) bond motifs is 1. The lowest BCUT2D eigenvalue weighted by molar-refractivity contribution is -0.148. The summed E-state index contributed by atoms with van der Waals surface area (Å²) in [6.45, 7) is 7.07. The summed E-state index contributed by atoms with van der Waals surface area (Å²) >= 11 is 0. The lowest BCUT2D eigenvalue weighted by Gasteiger charge is -2.39. The standard InChI is InChI=1S/C21H31N3O2/c1-4-15(2)20(25)24-14-18-8-6-5-7-17(18)11-19(24)21(26)23-10-9-16(13-23)12-22-3/h5-8,15-16,19,22H,4,9-14H2,1-3H3. The maximum Gasteiger partial charge on any atom is 0.245 e. The van der Waals surface area contributed by atoms with Gasteiger partial charge in [-0.05, 0) is 43.5 Å². The molecule has 3 rings (SSSR count). The summed E-state index contributed by atoms with van der Waals surface area (Å²) in [7, 11) is 1.95. The van der Waals surface area contributed by atoms with Crippen molar-refractivity contribution in [3.8, 4) is 0 Å². The Kier molecular flexibility index (Phi) is 5.97. The number of amides is 2. The zero-order chi connectivity index (χ0) is 18.7. The molecule has 3 unspecified atom stereocenters. The summed E-state index contributed by atoms with van der Waals surface area (Å²) < 4.78 is 0.